The largest absolute Gasteiger partial charge is 0.450 e. The van der Waals surface area contributed by atoms with Gasteiger partial charge in [0.2, 0.25) is 18.7 Å². The summed E-state index contributed by atoms with van der Waals surface area (Å²) in [4.78, 5) is 36.2. The first-order valence-electron chi connectivity index (χ1n) is 11.5. The Morgan fingerprint density at radius 2 is 1.75 bits per heavy atom. The number of aliphatic hydroxyl groups excluding tert-OH is 1. The summed E-state index contributed by atoms with van der Waals surface area (Å²) < 4.78 is 22.2. The molecule has 0 aromatic heterocycles. The molecule has 2 bridgehead atoms. The Balaban J connectivity index is 1.76. The van der Waals surface area contributed by atoms with Gasteiger partial charge in [-0.15, -0.1) is 0 Å². The Bertz CT molecular complexity index is 860. The predicted octanol–water partition coefficient (Wildman–Crippen LogP) is 2.87. The number of carbonyl (C=O) groups is 3. The van der Waals surface area contributed by atoms with Gasteiger partial charge in [-0.1, -0.05) is 33.3 Å². The van der Waals surface area contributed by atoms with Crippen LogP contribution in [-0.4, -0.2) is 47.8 Å². The first kappa shape index (κ1) is 23.2. The third-order valence-corrected chi connectivity index (χ3v) is 8.38. The zero-order valence-electron chi connectivity index (χ0n) is 19.7. The van der Waals surface area contributed by atoms with Crippen LogP contribution in [0.25, 0.3) is 0 Å². The van der Waals surface area contributed by atoms with E-state index in [-0.39, 0.29) is 17.3 Å². The minimum absolute atomic E-state index is 0.0229. The molecule has 2 saturated heterocycles. The molecule has 32 heavy (non-hydrogen) atoms. The quantitative estimate of drug-likeness (QED) is 0.397. The van der Waals surface area contributed by atoms with Gasteiger partial charge in [0.05, 0.1) is 12.0 Å². The SMILES string of the molecule is CC(=O)OC1OC2OC(=O)C(OC(C)=O)C1C2C1(C)CCC2=C(C(O)CCC2(C)C)C1C. The van der Waals surface area contributed by atoms with Gasteiger partial charge in [0.1, 0.15) is 0 Å². The molecule has 8 nitrogen and oxygen atoms in total. The summed E-state index contributed by atoms with van der Waals surface area (Å²) >= 11 is 0. The Hall–Kier alpha value is -1.93. The fraction of sp³-hybridized carbons (Fsp3) is 0.792. The van der Waals surface area contributed by atoms with Crippen LogP contribution in [0.3, 0.4) is 0 Å². The smallest absolute Gasteiger partial charge is 0.350 e. The van der Waals surface area contributed by atoms with Gasteiger partial charge in [0.15, 0.2) is 0 Å². The van der Waals surface area contributed by atoms with Crippen LogP contribution >= 0.6 is 0 Å². The predicted molar refractivity (Wildman–Crippen MR) is 112 cm³/mol. The molecule has 8 atom stereocenters. The van der Waals surface area contributed by atoms with Crippen LogP contribution in [0, 0.1) is 28.6 Å². The number of fused-ring (bicyclic) bond motifs is 2. The van der Waals surface area contributed by atoms with Crippen molar-refractivity contribution >= 4 is 17.9 Å². The molecule has 8 heteroatoms. The van der Waals surface area contributed by atoms with E-state index in [0.717, 1.165) is 24.8 Å². The van der Waals surface area contributed by atoms with Crippen molar-refractivity contribution in [3.05, 3.63) is 11.1 Å². The Morgan fingerprint density at radius 1 is 1.09 bits per heavy atom. The summed E-state index contributed by atoms with van der Waals surface area (Å²) in [6.07, 6.45) is -0.422. The molecule has 0 radical (unpaired) electrons. The maximum absolute atomic E-state index is 12.6. The summed E-state index contributed by atoms with van der Waals surface area (Å²) in [5.74, 6) is -2.93. The van der Waals surface area contributed by atoms with E-state index in [0.29, 0.717) is 6.42 Å². The monoisotopic (exact) mass is 450 g/mol. The average Bonchev–Trinajstić information content (AvgIpc) is 2.96. The van der Waals surface area contributed by atoms with E-state index in [1.54, 1.807) is 0 Å². The molecular weight excluding hydrogens is 416 g/mol. The summed E-state index contributed by atoms with van der Waals surface area (Å²) in [5.41, 5.74) is 1.98. The summed E-state index contributed by atoms with van der Waals surface area (Å²) in [6, 6.07) is 0. The second-order valence-corrected chi connectivity index (χ2v) is 10.7. The molecule has 0 saturated carbocycles. The van der Waals surface area contributed by atoms with Crippen molar-refractivity contribution in [1.29, 1.82) is 0 Å². The van der Waals surface area contributed by atoms with E-state index >= 15 is 0 Å². The number of esters is 3. The molecule has 178 valence electrons. The highest BCUT2D eigenvalue weighted by Gasteiger charge is 2.66. The summed E-state index contributed by atoms with van der Waals surface area (Å²) in [7, 11) is 0. The lowest BCUT2D eigenvalue weighted by atomic mass is 9.52. The number of carbonyl (C=O) groups excluding carboxylic acids is 3. The second kappa shape index (κ2) is 7.83. The van der Waals surface area contributed by atoms with Crippen molar-refractivity contribution in [3.8, 4) is 0 Å². The Kier molecular flexibility index (Phi) is 5.69. The fourth-order valence-corrected chi connectivity index (χ4v) is 6.60. The van der Waals surface area contributed by atoms with Crippen LogP contribution in [0.2, 0.25) is 0 Å². The zero-order chi connectivity index (χ0) is 23.6. The van der Waals surface area contributed by atoms with Crippen LogP contribution < -0.4 is 0 Å². The molecule has 0 amide bonds. The molecule has 0 aromatic rings. The lowest BCUT2D eigenvalue weighted by Crippen LogP contribution is -2.56. The molecule has 0 spiro atoms. The molecular formula is C24H34O8. The van der Waals surface area contributed by atoms with Crippen LogP contribution in [0.1, 0.15) is 67.2 Å². The fourth-order valence-electron chi connectivity index (χ4n) is 6.60. The molecule has 4 aliphatic rings. The molecule has 4 rings (SSSR count). The minimum atomic E-state index is -1.22. The minimum Gasteiger partial charge on any atom is -0.450 e. The van der Waals surface area contributed by atoms with Gasteiger partial charge in [-0.05, 0) is 48.0 Å². The van der Waals surface area contributed by atoms with Gasteiger partial charge in [-0.2, -0.15) is 0 Å². The Labute approximate surface area is 188 Å². The third kappa shape index (κ3) is 3.55. The number of hydrogen-bond donors (Lipinski definition) is 1. The molecule has 2 heterocycles. The lowest BCUT2D eigenvalue weighted by molar-refractivity contribution is -0.220. The van der Waals surface area contributed by atoms with Crippen LogP contribution in [0.4, 0.5) is 0 Å². The molecule has 2 aliphatic carbocycles. The highest BCUT2D eigenvalue weighted by atomic mass is 16.8. The molecule has 8 unspecified atom stereocenters. The van der Waals surface area contributed by atoms with E-state index in [1.165, 1.54) is 19.4 Å². The maximum atomic E-state index is 12.6. The van der Waals surface area contributed by atoms with E-state index in [2.05, 4.69) is 27.7 Å². The standard InChI is InChI=1S/C24H34O8/c1-11-16-14(23(4,5)9-8-15(16)27)7-10-24(11,6)18-17-19(29-12(2)25)20(28)31-22(18)32-21(17)30-13(3)26/h11,15,17-19,21-22,27H,7-10H2,1-6H3. The molecule has 2 aliphatic heterocycles. The van der Waals surface area contributed by atoms with Gasteiger partial charge < -0.3 is 24.1 Å². The second-order valence-electron chi connectivity index (χ2n) is 10.7. The number of hydrogen-bond acceptors (Lipinski definition) is 8. The Morgan fingerprint density at radius 3 is 2.38 bits per heavy atom. The highest BCUT2D eigenvalue weighted by Crippen LogP contribution is 2.61. The lowest BCUT2D eigenvalue weighted by Gasteiger charge is -2.54. The molecule has 2 fully saturated rings. The van der Waals surface area contributed by atoms with Crippen molar-refractivity contribution in [2.24, 2.45) is 28.6 Å². The first-order valence-corrected chi connectivity index (χ1v) is 11.5. The highest BCUT2D eigenvalue weighted by molar-refractivity contribution is 5.80. The van der Waals surface area contributed by atoms with Gasteiger partial charge in [0.25, 0.3) is 0 Å². The summed E-state index contributed by atoms with van der Waals surface area (Å²) in [5, 5.41) is 11.0. The van der Waals surface area contributed by atoms with Crippen molar-refractivity contribution in [2.45, 2.75) is 92.0 Å². The van der Waals surface area contributed by atoms with Gasteiger partial charge >= 0.3 is 17.9 Å². The maximum Gasteiger partial charge on any atom is 0.350 e. The van der Waals surface area contributed by atoms with Gasteiger partial charge in [-0.3, -0.25) is 9.59 Å². The van der Waals surface area contributed by atoms with E-state index < -0.39 is 54.0 Å². The average molecular weight is 451 g/mol. The third-order valence-electron chi connectivity index (χ3n) is 8.38. The van der Waals surface area contributed by atoms with E-state index in [9.17, 15) is 19.5 Å². The van der Waals surface area contributed by atoms with E-state index in [4.69, 9.17) is 18.9 Å². The van der Waals surface area contributed by atoms with Crippen LogP contribution in [0.5, 0.6) is 0 Å². The van der Waals surface area contributed by atoms with Crippen LogP contribution in [0.15, 0.2) is 11.1 Å². The van der Waals surface area contributed by atoms with Gasteiger partial charge in [0, 0.05) is 19.8 Å². The number of aliphatic hydroxyl groups is 1. The van der Waals surface area contributed by atoms with Crippen molar-refractivity contribution < 1.29 is 38.4 Å². The van der Waals surface area contributed by atoms with E-state index in [1.807, 2.05) is 0 Å². The molecule has 0 aromatic carbocycles. The van der Waals surface area contributed by atoms with Crippen LogP contribution in [-0.2, 0) is 33.3 Å². The van der Waals surface area contributed by atoms with Crippen molar-refractivity contribution in [2.75, 3.05) is 0 Å². The first-order chi connectivity index (χ1) is 14.9. The number of rotatable bonds is 3. The van der Waals surface area contributed by atoms with Crippen molar-refractivity contribution in [1.82, 2.24) is 0 Å². The molecule has 1 N–H and O–H groups in total. The number of ether oxygens (including phenoxy) is 4. The summed E-state index contributed by atoms with van der Waals surface area (Å²) in [6.45, 7) is 11.2. The van der Waals surface area contributed by atoms with Gasteiger partial charge in [-0.25, -0.2) is 4.79 Å². The normalized spacial score (nSPS) is 42.7. The van der Waals surface area contributed by atoms with Crippen molar-refractivity contribution in [3.63, 3.8) is 0 Å². The topological polar surface area (TPSA) is 108 Å². The number of allylic oxidation sites excluding steroid dienone is 1. The zero-order valence-corrected chi connectivity index (χ0v) is 19.7.